The lowest BCUT2D eigenvalue weighted by molar-refractivity contribution is 0.322. The van der Waals surface area contributed by atoms with E-state index in [0.29, 0.717) is 0 Å². The molecule has 0 radical (unpaired) electrons. The molecule has 0 heterocycles. The molecular formula is C13H14BrN. The van der Waals surface area contributed by atoms with Gasteiger partial charge in [-0.3, -0.25) is 0 Å². The zero-order valence-corrected chi connectivity index (χ0v) is 10.7. The van der Waals surface area contributed by atoms with Crippen molar-refractivity contribution in [3.8, 4) is 6.07 Å². The molecule has 78 valence electrons. The number of benzene rings is 1. The number of hydrogen-bond donors (Lipinski definition) is 0. The van der Waals surface area contributed by atoms with Crippen molar-refractivity contribution in [3.63, 3.8) is 0 Å². The molecule has 15 heavy (non-hydrogen) atoms. The van der Waals surface area contributed by atoms with Crippen molar-refractivity contribution in [2.45, 2.75) is 38.5 Å². The van der Waals surface area contributed by atoms with E-state index in [4.69, 9.17) is 0 Å². The monoisotopic (exact) mass is 263 g/mol. The van der Waals surface area contributed by atoms with Crippen LogP contribution in [-0.2, 0) is 5.41 Å². The summed E-state index contributed by atoms with van der Waals surface area (Å²) in [6.45, 7) is 4.17. The van der Waals surface area contributed by atoms with Gasteiger partial charge in [0.1, 0.15) is 0 Å². The maximum atomic E-state index is 9.33. The number of nitriles is 1. The van der Waals surface area contributed by atoms with Crippen LogP contribution < -0.4 is 0 Å². The van der Waals surface area contributed by atoms with E-state index in [-0.39, 0.29) is 5.41 Å². The van der Waals surface area contributed by atoms with E-state index < -0.39 is 0 Å². The molecule has 1 aromatic rings. The lowest BCUT2D eigenvalue weighted by Gasteiger charge is -2.37. The molecule has 0 amide bonds. The van der Waals surface area contributed by atoms with Crippen LogP contribution in [0.4, 0.5) is 0 Å². The Labute approximate surface area is 99.2 Å². The first-order chi connectivity index (χ1) is 7.09. The summed E-state index contributed by atoms with van der Waals surface area (Å²) in [5, 5.41) is 9.33. The second-order valence-corrected chi connectivity index (χ2v) is 5.32. The highest BCUT2D eigenvalue weighted by molar-refractivity contribution is 9.10. The van der Waals surface area contributed by atoms with Gasteiger partial charge in [-0.2, -0.15) is 5.26 Å². The van der Waals surface area contributed by atoms with Crippen LogP contribution >= 0.6 is 15.9 Å². The van der Waals surface area contributed by atoms with Gasteiger partial charge in [0.2, 0.25) is 0 Å². The first-order valence-corrected chi connectivity index (χ1v) is 6.07. The minimum absolute atomic E-state index is 0.196. The van der Waals surface area contributed by atoms with E-state index in [0.717, 1.165) is 17.3 Å². The summed E-state index contributed by atoms with van der Waals surface area (Å²) in [5.41, 5.74) is 3.48. The number of hydrogen-bond acceptors (Lipinski definition) is 1. The van der Waals surface area contributed by atoms with E-state index in [1.54, 1.807) is 0 Å². The van der Waals surface area contributed by atoms with Crippen LogP contribution in [0.15, 0.2) is 16.6 Å². The maximum Gasteiger partial charge on any atom is 0.0825 e. The highest BCUT2D eigenvalue weighted by Crippen LogP contribution is 2.45. The Morgan fingerprint density at radius 1 is 1.33 bits per heavy atom. The molecule has 0 N–H and O–H groups in total. The Balaban J connectivity index is 2.57. The molecule has 1 aliphatic rings. The highest BCUT2D eigenvalue weighted by Gasteiger charge is 2.40. The summed E-state index contributed by atoms with van der Waals surface area (Å²) >= 11 is 3.56. The highest BCUT2D eigenvalue weighted by atomic mass is 79.9. The molecule has 1 saturated carbocycles. The van der Waals surface area contributed by atoms with Gasteiger partial charge in [-0.1, -0.05) is 22.0 Å². The van der Waals surface area contributed by atoms with Gasteiger partial charge < -0.3 is 0 Å². The van der Waals surface area contributed by atoms with Crippen molar-refractivity contribution < 1.29 is 0 Å². The molecule has 0 spiro atoms. The predicted octanol–water partition coefficient (Wildman–Crippen LogP) is 4.01. The van der Waals surface area contributed by atoms with Gasteiger partial charge in [0.25, 0.3) is 0 Å². The molecular weight excluding hydrogens is 250 g/mol. The Morgan fingerprint density at radius 2 is 2.00 bits per heavy atom. The second-order valence-electron chi connectivity index (χ2n) is 4.47. The maximum absolute atomic E-state index is 9.33. The summed E-state index contributed by atoms with van der Waals surface area (Å²) in [5.74, 6) is 0. The molecule has 0 atom stereocenters. The van der Waals surface area contributed by atoms with Crippen molar-refractivity contribution in [3.05, 3.63) is 33.3 Å². The van der Waals surface area contributed by atoms with Gasteiger partial charge in [0.05, 0.1) is 11.5 Å². The van der Waals surface area contributed by atoms with Crippen molar-refractivity contribution in [1.82, 2.24) is 0 Å². The number of aryl methyl sites for hydroxylation is 1. The van der Waals surface area contributed by atoms with Gasteiger partial charge in [-0.05, 0) is 55.9 Å². The molecule has 0 saturated heterocycles. The van der Waals surface area contributed by atoms with E-state index in [9.17, 15) is 5.26 Å². The molecule has 2 heteroatoms. The molecule has 2 rings (SSSR count). The SMILES string of the molecule is Cc1cc(Br)c(C)c(C2(C#N)CCC2)c1. The van der Waals surface area contributed by atoms with Crippen LogP contribution in [0.2, 0.25) is 0 Å². The average molecular weight is 264 g/mol. The third-order valence-corrected chi connectivity index (χ3v) is 4.25. The van der Waals surface area contributed by atoms with Crippen LogP contribution in [0.25, 0.3) is 0 Å². The quantitative estimate of drug-likeness (QED) is 0.751. The topological polar surface area (TPSA) is 23.8 Å². The van der Waals surface area contributed by atoms with Crippen LogP contribution in [-0.4, -0.2) is 0 Å². The van der Waals surface area contributed by atoms with E-state index in [2.05, 4.69) is 48.0 Å². The Kier molecular flexibility index (Phi) is 2.60. The minimum Gasteiger partial charge on any atom is -0.197 e. The lowest BCUT2D eigenvalue weighted by Crippen LogP contribution is -2.33. The van der Waals surface area contributed by atoms with Gasteiger partial charge in [0, 0.05) is 4.47 Å². The first-order valence-electron chi connectivity index (χ1n) is 5.27. The molecule has 0 aliphatic heterocycles. The number of halogens is 1. The molecule has 1 aromatic carbocycles. The summed E-state index contributed by atoms with van der Waals surface area (Å²) in [6.07, 6.45) is 3.21. The van der Waals surface area contributed by atoms with Crippen LogP contribution in [0, 0.1) is 25.2 Å². The van der Waals surface area contributed by atoms with Crippen molar-refractivity contribution >= 4 is 15.9 Å². The van der Waals surface area contributed by atoms with E-state index in [1.165, 1.54) is 23.1 Å². The Morgan fingerprint density at radius 3 is 2.47 bits per heavy atom. The van der Waals surface area contributed by atoms with Crippen LogP contribution in [0.3, 0.4) is 0 Å². The standard InChI is InChI=1S/C13H14BrN/c1-9-6-11(10(2)12(14)7-9)13(8-15)4-3-5-13/h6-7H,3-5H2,1-2H3. The molecule has 0 unspecified atom stereocenters. The summed E-state index contributed by atoms with van der Waals surface area (Å²) < 4.78 is 1.12. The first kappa shape index (κ1) is 10.7. The Bertz CT molecular complexity index is 439. The fourth-order valence-corrected chi connectivity index (χ4v) is 2.86. The third kappa shape index (κ3) is 1.59. The van der Waals surface area contributed by atoms with E-state index >= 15 is 0 Å². The average Bonchev–Trinajstić information content (AvgIpc) is 2.12. The fourth-order valence-electron chi connectivity index (χ4n) is 2.28. The van der Waals surface area contributed by atoms with Gasteiger partial charge in [-0.25, -0.2) is 0 Å². The molecule has 1 aliphatic carbocycles. The van der Waals surface area contributed by atoms with Crippen molar-refractivity contribution in [2.75, 3.05) is 0 Å². The van der Waals surface area contributed by atoms with Crippen LogP contribution in [0.5, 0.6) is 0 Å². The number of nitrogens with zero attached hydrogens (tertiary/aromatic N) is 1. The van der Waals surface area contributed by atoms with Crippen molar-refractivity contribution in [1.29, 1.82) is 5.26 Å². The molecule has 0 bridgehead atoms. The summed E-state index contributed by atoms with van der Waals surface area (Å²) in [7, 11) is 0. The smallest absolute Gasteiger partial charge is 0.0825 e. The van der Waals surface area contributed by atoms with Gasteiger partial charge >= 0.3 is 0 Å². The predicted molar refractivity (Wildman–Crippen MR) is 64.8 cm³/mol. The molecule has 1 nitrogen and oxygen atoms in total. The summed E-state index contributed by atoms with van der Waals surface area (Å²) in [6, 6.07) is 6.79. The van der Waals surface area contributed by atoms with Gasteiger partial charge in [-0.15, -0.1) is 0 Å². The molecule has 1 fully saturated rings. The lowest BCUT2D eigenvalue weighted by atomic mass is 9.64. The zero-order valence-electron chi connectivity index (χ0n) is 9.10. The fraction of sp³-hybridized carbons (Fsp3) is 0.462. The van der Waals surface area contributed by atoms with Gasteiger partial charge in [0.15, 0.2) is 0 Å². The number of rotatable bonds is 1. The largest absolute Gasteiger partial charge is 0.197 e. The van der Waals surface area contributed by atoms with Crippen LogP contribution in [0.1, 0.15) is 36.0 Å². The molecule has 0 aromatic heterocycles. The normalized spacial score (nSPS) is 18.0. The Hall–Kier alpha value is -0.810. The van der Waals surface area contributed by atoms with Crippen molar-refractivity contribution in [2.24, 2.45) is 0 Å². The minimum atomic E-state index is -0.196. The summed E-state index contributed by atoms with van der Waals surface area (Å²) in [4.78, 5) is 0. The zero-order chi connectivity index (χ0) is 11.1. The second kappa shape index (κ2) is 3.64. The van der Waals surface area contributed by atoms with E-state index in [1.807, 2.05) is 0 Å². The third-order valence-electron chi connectivity index (χ3n) is 3.43.